The minimum absolute atomic E-state index is 0.483. The minimum Gasteiger partial charge on any atom is -0.438 e. The second kappa shape index (κ2) is 15.3. The number of aryl methyl sites for hydroxylation is 3. The van der Waals surface area contributed by atoms with Gasteiger partial charge in [-0.1, -0.05) is 78.2 Å². The Morgan fingerprint density at radius 3 is 2.21 bits per heavy atom. The molecule has 0 amide bonds. The third kappa shape index (κ3) is 9.12. The molecule has 226 valence electrons. The number of hydrogen-bond acceptors (Lipinski definition) is 5. The van der Waals surface area contributed by atoms with E-state index in [1.165, 1.54) is 57.8 Å². The van der Waals surface area contributed by atoms with Gasteiger partial charge in [-0.15, -0.1) is 0 Å². The molecule has 0 saturated carbocycles. The number of unbranched alkanes of at least 4 members (excludes halogenated alkanes) is 8. The van der Waals surface area contributed by atoms with Gasteiger partial charge in [0.05, 0.1) is 22.8 Å². The lowest BCUT2D eigenvalue weighted by molar-refractivity contribution is 0.0766. The Morgan fingerprint density at radius 1 is 0.810 bits per heavy atom. The van der Waals surface area contributed by atoms with Crippen LogP contribution in [0.15, 0.2) is 48.9 Å². The number of pyridine rings is 1. The molecule has 0 aliphatic carbocycles. The molecule has 42 heavy (non-hydrogen) atoms. The SMILES string of the molecule is Cc1cc(Oc2nccc3c2ccn3COCCCCCCCCCCCC(C)(C)C)ccc1-c1c(C)cnnc1C. The normalized spacial score (nSPS) is 11.9. The van der Waals surface area contributed by atoms with Gasteiger partial charge in [-0.25, -0.2) is 4.98 Å². The Bertz CT molecular complexity index is 1400. The highest BCUT2D eigenvalue weighted by atomic mass is 16.5. The molecular weight excluding hydrogens is 520 g/mol. The Hall–Kier alpha value is -3.25. The van der Waals surface area contributed by atoms with Crippen molar-refractivity contribution in [1.82, 2.24) is 19.7 Å². The number of nitrogens with zero attached hydrogens (tertiary/aromatic N) is 4. The summed E-state index contributed by atoms with van der Waals surface area (Å²) >= 11 is 0. The molecule has 0 aliphatic heterocycles. The summed E-state index contributed by atoms with van der Waals surface area (Å²) in [5.74, 6) is 1.36. The van der Waals surface area contributed by atoms with E-state index >= 15 is 0 Å². The predicted octanol–water partition coefficient (Wildman–Crippen LogP) is 10.1. The molecule has 0 spiro atoms. The zero-order valence-corrected chi connectivity index (χ0v) is 26.7. The van der Waals surface area contributed by atoms with Gasteiger partial charge in [0.15, 0.2) is 0 Å². The van der Waals surface area contributed by atoms with Crippen LogP contribution in [0.4, 0.5) is 0 Å². The van der Waals surface area contributed by atoms with E-state index in [0.717, 1.165) is 57.6 Å². The van der Waals surface area contributed by atoms with E-state index in [9.17, 15) is 0 Å². The van der Waals surface area contributed by atoms with Crippen LogP contribution in [0.5, 0.6) is 11.6 Å². The van der Waals surface area contributed by atoms with Crippen molar-refractivity contribution in [3.8, 4) is 22.8 Å². The van der Waals surface area contributed by atoms with Crippen LogP contribution in [0, 0.1) is 26.2 Å². The molecule has 0 saturated heterocycles. The van der Waals surface area contributed by atoms with Gasteiger partial charge in [0, 0.05) is 24.6 Å². The lowest BCUT2D eigenvalue weighted by Gasteiger charge is -2.17. The van der Waals surface area contributed by atoms with Crippen LogP contribution in [0.2, 0.25) is 0 Å². The molecule has 0 radical (unpaired) electrons. The van der Waals surface area contributed by atoms with Crippen LogP contribution < -0.4 is 4.74 Å². The molecule has 6 heteroatoms. The molecule has 0 N–H and O–H groups in total. The second-order valence-electron chi connectivity index (χ2n) is 12.9. The van der Waals surface area contributed by atoms with Gasteiger partial charge in [0.25, 0.3) is 0 Å². The summed E-state index contributed by atoms with van der Waals surface area (Å²) in [6, 6.07) is 10.2. The van der Waals surface area contributed by atoms with Gasteiger partial charge < -0.3 is 14.0 Å². The van der Waals surface area contributed by atoms with Gasteiger partial charge in [-0.3, -0.25) is 0 Å². The molecule has 3 heterocycles. The third-order valence-corrected chi connectivity index (χ3v) is 8.00. The Balaban J connectivity index is 1.20. The van der Waals surface area contributed by atoms with Crippen molar-refractivity contribution in [2.75, 3.05) is 6.61 Å². The average molecular weight is 571 g/mol. The van der Waals surface area contributed by atoms with Gasteiger partial charge in [-0.05, 0) is 80.0 Å². The zero-order valence-electron chi connectivity index (χ0n) is 26.7. The summed E-state index contributed by atoms with van der Waals surface area (Å²) in [6.45, 7) is 14.5. The molecule has 0 fully saturated rings. The smallest absolute Gasteiger partial charge is 0.228 e. The van der Waals surface area contributed by atoms with Crippen LogP contribution >= 0.6 is 0 Å². The first-order valence-corrected chi connectivity index (χ1v) is 15.8. The van der Waals surface area contributed by atoms with E-state index < -0.39 is 0 Å². The number of fused-ring (bicyclic) bond motifs is 1. The number of hydrogen-bond donors (Lipinski definition) is 0. The minimum atomic E-state index is 0.483. The largest absolute Gasteiger partial charge is 0.438 e. The molecule has 4 aromatic rings. The van der Waals surface area contributed by atoms with Crippen molar-refractivity contribution in [2.45, 2.75) is 112 Å². The maximum absolute atomic E-state index is 6.27. The van der Waals surface area contributed by atoms with Crippen molar-refractivity contribution in [1.29, 1.82) is 0 Å². The van der Waals surface area contributed by atoms with Gasteiger partial charge >= 0.3 is 0 Å². The third-order valence-electron chi connectivity index (χ3n) is 8.00. The standard InChI is InChI=1S/C36H50N4O2/c1-27-24-30(16-17-31(27)34-28(2)25-38-39-29(34)3)42-35-32-19-22-40(33(32)18-21-37-35)26-41-23-15-13-11-9-7-8-10-12-14-20-36(4,5)6/h16-19,21-22,24-25H,7-15,20,23,26H2,1-6H3. The van der Waals surface area contributed by atoms with Crippen molar-refractivity contribution < 1.29 is 9.47 Å². The molecule has 0 atom stereocenters. The number of aromatic nitrogens is 4. The second-order valence-corrected chi connectivity index (χ2v) is 12.9. The van der Waals surface area contributed by atoms with Crippen molar-refractivity contribution in [3.63, 3.8) is 0 Å². The summed E-state index contributed by atoms with van der Waals surface area (Å²) in [6.07, 6.45) is 18.9. The first kappa shape index (κ1) is 31.7. The van der Waals surface area contributed by atoms with E-state index in [-0.39, 0.29) is 0 Å². The molecule has 0 bridgehead atoms. The van der Waals surface area contributed by atoms with E-state index in [2.05, 4.69) is 78.8 Å². The van der Waals surface area contributed by atoms with Crippen molar-refractivity contribution in [2.24, 2.45) is 5.41 Å². The number of ether oxygens (including phenoxy) is 2. The van der Waals surface area contributed by atoms with Crippen LogP contribution in [0.3, 0.4) is 0 Å². The molecular formula is C36H50N4O2. The van der Waals surface area contributed by atoms with E-state index in [1.807, 2.05) is 25.3 Å². The Kier molecular flexibility index (Phi) is 11.5. The van der Waals surface area contributed by atoms with E-state index in [4.69, 9.17) is 9.47 Å². The fourth-order valence-corrected chi connectivity index (χ4v) is 5.65. The van der Waals surface area contributed by atoms with Crippen LogP contribution in [0.25, 0.3) is 22.0 Å². The van der Waals surface area contributed by atoms with Gasteiger partial charge in [-0.2, -0.15) is 10.2 Å². The van der Waals surface area contributed by atoms with Gasteiger partial charge in [0.2, 0.25) is 5.88 Å². The first-order chi connectivity index (χ1) is 20.2. The number of benzene rings is 1. The topological polar surface area (TPSA) is 62.1 Å². The van der Waals surface area contributed by atoms with Gasteiger partial charge in [0.1, 0.15) is 12.5 Å². The summed E-state index contributed by atoms with van der Waals surface area (Å²) in [4.78, 5) is 4.53. The monoisotopic (exact) mass is 570 g/mol. The molecule has 0 unspecified atom stereocenters. The van der Waals surface area contributed by atoms with Crippen LogP contribution in [-0.2, 0) is 11.5 Å². The van der Waals surface area contributed by atoms with Crippen molar-refractivity contribution >= 4 is 10.9 Å². The molecule has 6 nitrogen and oxygen atoms in total. The van der Waals surface area contributed by atoms with E-state index in [1.54, 1.807) is 6.20 Å². The highest BCUT2D eigenvalue weighted by Crippen LogP contribution is 2.34. The Labute approximate surface area is 252 Å². The fraction of sp³-hybridized carbons (Fsp3) is 0.528. The molecule has 3 aromatic heterocycles. The maximum Gasteiger partial charge on any atom is 0.228 e. The summed E-state index contributed by atoms with van der Waals surface area (Å²) in [5, 5.41) is 9.29. The number of rotatable bonds is 16. The molecule has 1 aromatic carbocycles. The van der Waals surface area contributed by atoms with Crippen molar-refractivity contribution in [3.05, 3.63) is 65.7 Å². The summed E-state index contributed by atoms with van der Waals surface area (Å²) in [5.41, 5.74) is 6.97. The maximum atomic E-state index is 6.27. The van der Waals surface area contributed by atoms with Crippen LogP contribution in [-0.4, -0.2) is 26.4 Å². The average Bonchev–Trinajstić information content (AvgIpc) is 3.35. The lowest BCUT2D eigenvalue weighted by Crippen LogP contribution is -2.03. The first-order valence-electron chi connectivity index (χ1n) is 15.8. The molecule has 0 aliphatic rings. The molecule has 4 rings (SSSR count). The Morgan fingerprint density at radius 2 is 1.52 bits per heavy atom. The fourth-order valence-electron chi connectivity index (χ4n) is 5.65. The predicted molar refractivity (Wildman–Crippen MR) is 173 cm³/mol. The highest BCUT2D eigenvalue weighted by molar-refractivity contribution is 5.85. The lowest BCUT2D eigenvalue weighted by atomic mass is 9.89. The summed E-state index contributed by atoms with van der Waals surface area (Å²) < 4.78 is 14.4. The highest BCUT2D eigenvalue weighted by Gasteiger charge is 2.13. The van der Waals surface area contributed by atoms with Crippen LogP contribution in [0.1, 0.15) is 102 Å². The summed E-state index contributed by atoms with van der Waals surface area (Å²) in [7, 11) is 0. The zero-order chi connectivity index (χ0) is 30.0. The van der Waals surface area contributed by atoms with E-state index in [0.29, 0.717) is 18.0 Å². The quantitative estimate of drug-likeness (QED) is 0.125.